The van der Waals surface area contributed by atoms with Gasteiger partial charge in [0.1, 0.15) is 17.4 Å². The van der Waals surface area contributed by atoms with Gasteiger partial charge in [0, 0.05) is 36.3 Å². The molecule has 3 aromatic rings. The topological polar surface area (TPSA) is 134 Å². The van der Waals surface area contributed by atoms with E-state index < -0.39 is 17.9 Å². The molecule has 0 radical (unpaired) electrons. The molecular weight excluding hydrogens is 538 g/mol. The largest absolute Gasteiger partial charge is 0.465 e. The van der Waals surface area contributed by atoms with Gasteiger partial charge in [-0.2, -0.15) is 0 Å². The van der Waals surface area contributed by atoms with Crippen LogP contribution in [0.2, 0.25) is 0 Å². The summed E-state index contributed by atoms with van der Waals surface area (Å²) in [5.74, 6) is -0.535. The number of nitrogens with zero attached hydrogens (tertiary/aromatic N) is 3. The molecule has 0 spiro atoms. The van der Waals surface area contributed by atoms with Gasteiger partial charge >= 0.3 is 5.97 Å². The summed E-state index contributed by atoms with van der Waals surface area (Å²) < 4.78 is 10.5. The van der Waals surface area contributed by atoms with Crippen molar-refractivity contribution in [1.82, 2.24) is 15.1 Å². The fourth-order valence-corrected chi connectivity index (χ4v) is 5.32. The Morgan fingerprint density at radius 2 is 1.76 bits per heavy atom. The molecule has 3 amide bonds. The Labute approximate surface area is 243 Å². The van der Waals surface area contributed by atoms with Gasteiger partial charge in [-0.05, 0) is 81.5 Å². The highest BCUT2D eigenvalue weighted by Gasteiger charge is 2.30. The number of rotatable bonds is 6. The maximum absolute atomic E-state index is 13.6. The number of furan rings is 1. The molecule has 5 rings (SSSR count). The lowest BCUT2D eigenvalue weighted by Gasteiger charge is -2.25. The summed E-state index contributed by atoms with van der Waals surface area (Å²) in [6, 6.07) is 12.7. The Morgan fingerprint density at radius 1 is 1.00 bits per heavy atom. The monoisotopic (exact) mass is 573 g/mol. The van der Waals surface area contributed by atoms with E-state index in [1.807, 2.05) is 25.1 Å². The minimum Gasteiger partial charge on any atom is -0.465 e. The number of aliphatic imine (C=N–C) groups is 1. The number of hydrogen-bond donors (Lipinski definition) is 2. The van der Waals surface area contributed by atoms with Crippen LogP contribution in [0.15, 0.2) is 57.9 Å². The van der Waals surface area contributed by atoms with Crippen molar-refractivity contribution in [2.75, 3.05) is 38.6 Å². The zero-order chi connectivity index (χ0) is 29.6. The normalized spacial score (nSPS) is 17.7. The summed E-state index contributed by atoms with van der Waals surface area (Å²) in [6.45, 7) is 3.81. The molecular formula is C31H35N5O6. The molecule has 1 aromatic heterocycles. The van der Waals surface area contributed by atoms with Gasteiger partial charge in [-0.3, -0.25) is 19.7 Å². The molecule has 2 saturated heterocycles. The number of benzene rings is 2. The smallest absolute Gasteiger partial charge is 0.337 e. The zero-order valence-corrected chi connectivity index (χ0v) is 23.9. The zero-order valence-electron chi connectivity index (χ0n) is 23.9. The third-order valence-corrected chi connectivity index (χ3v) is 7.50. The van der Waals surface area contributed by atoms with Crippen molar-refractivity contribution in [2.45, 2.75) is 45.1 Å². The van der Waals surface area contributed by atoms with E-state index in [2.05, 4.69) is 10.6 Å². The number of likely N-dealkylation sites (tertiary alicyclic amines) is 2. The van der Waals surface area contributed by atoms with Crippen LogP contribution in [0.25, 0.3) is 11.0 Å². The molecule has 3 heterocycles. The number of ether oxygens (including phenoxy) is 1. The summed E-state index contributed by atoms with van der Waals surface area (Å²) in [5.41, 5.74) is 1.80. The van der Waals surface area contributed by atoms with E-state index in [1.54, 1.807) is 34.1 Å². The van der Waals surface area contributed by atoms with Gasteiger partial charge in [-0.25, -0.2) is 9.79 Å². The number of carbonyl (C=O) groups excluding carboxylic acids is 4. The SMILES string of the molecule is COC(=O)c1cccc(C(=O)NC(=N[C@H]2CCCCN(CC(=O)N3CCCC3)C2=O)Nc2ccc3oc(C)cc3c2)c1. The quantitative estimate of drug-likeness (QED) is 0.261. The van der Waals surface area contributed by atoms with Gasteiger partial charge < -0.3 is 24.3 Å². The van der Waals surface area contributed by atoms with Crippen LogP contribution in [0.5, 0.6) is 0 Å². The van der Waals surface area contributed by atoms with Crippen LogP contribution in [0.1, 0.15) is 58.6 Å². The molecule has 1 atom stereocenters. The maximum Gasteiger partial charge on any atom is 0.337 e. The van der Waals surface area contributed by atoms with Gasteiger partial charge in [-0.15, -0.1) is 0 Å². The molecule has 2 fully saturated rings. The number of amides is 3. The van der Waals surface area contributed by atoms with Crippen LogP contribution in [0.4, 0.5) is 5.69 Å². The molecule has 0 saturated carbocycles. The van der Waals surface area contributed by atoms with Gasteiger partial charge in [-0.1, -0.05) is 6.07 Å². The van der Waals surface area contributed by atoms with Crippen LogP contribution >= 0.6 is 0 Å². The van der Waals surface area contributed by atoms with Crippen molar-refractivity contribution in [1.29, 1.82) is 0 Å². The number of hydrogen-bond acceptors (Lipinski definition) is 7. The second kappa shape index (κ2) is 12.9. The van der Waals surface area contributed by atoms with E-state index in [4.69, 9.17) is 14.1 Å². The lowest BCUT2D eigenvalue weighted by molar-refractivity contribution is -0.140. The number of aryl methyl sites for hydroxylation is 1. The average Bonchev–Trinajstić information content (AvgIpc) is 3.63. The predicted molar refractivity (Wildman–Crippen MR) is 157 cm³/mol. The molecule has 0 unspecified atom stereocenters. The summed E-state index contributed by atoms with van der Waals surface area (Å²) in [7, 11) is 1.27. The molecule has 11 nitrogen and oxygen atoms in total. The molecule has 2 N–H and O–H groups in total. The molecule has 220 valence electrons. The fraction of sp³-hybridized carbons (Fsp3) is 0.387. The maximum atomic E-state index is 13.6. The Kier molecular flexibility index (Phi) is 8.85. The Balaban J connectivity index is 1.41. The minimum absolute atomic E-state index is 0.0246. The Morgan fingerprint density at radius 3 is 2.55 bits per heavy atom. The Hall–Kier alpha value is -4.67. The lowest BCUT2D eigenvalue weighted by atomic mass is 10.1. The van der Waals surface area contributed by atoms with E-state index in [0.717, 1.165) is 55.5 Å². The van der Waals surface area contributed by atoms with Crippen molar-refractivity contribution >= 4 is 46.3 Å². The van der Waals surface area contributed by atoms with E-state index in [0.29, 0.717) is 18.7 Å². The fourth-order valence-electron chi connectivity index (χ4n) is 5.32. The molecule has 2 aromatic carbocycles. The lowest BCUT2D eigenvalue weighted by Crippen LogP contribution is -2.45. The van der Waals surface area contributed by atoms with Gasteiger partial charge in [0.2, 0.25) is 17.8 Å². The average molecular weight is 574 g/mol. The van der Waals surface area contributed by atoms with Gasteiger partial charge in [0.05, 0.1) is 19.2 Å². The summed E-state index contributed by atoms with van der Waals surface area (Å²) in [6.07, 6.45) is 3.95. The van der Waals surface area contributed by atoms with E-state index in [1.165, 1.54) is 13.2 Å². The van der Waals surface area contributed by atoms with Crippen molar-refractivity contribution < 1.29 is 28.3 Å². The number of esters is 1. The minimum atomic E-state index is -0.789. The molecule has 0 bridgehead atoms. The number of nitrogens with one attached hydrogen (secondary N) is 2. The van der Waals surface area contributed by atoms with Crippen LogP contribution in [0, 0.1) is 6.92 Å². The first kappa shape index (κ1) is 28.8. The molecule has 0 aliphatic carbocycles. The second-order valence-corrected chi connectivity index (χ2v) is 10.6. The molecule has 2 aliphatic rings. The van der Waals surface area contributed by atoms with Crippen LogP contribution in [-0.2, 0) is 14.3 Å². The van der Waals surface area contributed by atoms with Crippen LogP contribution in [-0.4, -0.2) is 78.8 Å². The first-order chi connectivity index (χ1) is 20.3. The predicted octanol–water partition coefficient (Wildman–Crippen LogP) is 3.73. The van der Waals surface area contributed by atoms with Crippen molar-refractivity contribution in [2.24, 2.45) is 4.99 Å². The number of fused-ring (bicyclic) bond motifs is 1. The van der Waals surface area contributed by atoms with Gasteiger partial charge in [0.25, 0.3) is 5.91 Å². The van der Waals surface area contributed by atoms with E-state index >= 15 is 0 Å². The highest BCUT2D eigenvalue weighted by atomic mass is 16.5. The van der Waals surface area contributed by atoms with Crippen molar-refractivity contribution in [3.8, 4) is 0 Å². The first-order valence-electron chi connectivity index (χ1n) is 14.2. The summed E-state index contributed by atoms with van der Waals surface area (Å²) >= 11 is 0. The number of carbonyl (C=O) groups is 4. The first-order valence-corrected chi connectivity index (χ1v) is 14.2. The number of guanidine groups is 1. The highest BCUT2D eigenvalue weighted by Crippen LogP contribution is 2.23. The molecule has 42 heavy (non-hydrogen) atoms. The third kappa shape index (κ3) is 6.79. The highest BCUT2D eigenvalue weighted by molar-refractivity contribution is 6.11. The number of anilines is 1. The molecule has 11 heteroatoms. The second-order valence-electron chi connectivity index (χ2n) is 10.6. The molecule has 2 aliphatic heterocycles. The summed E-state index contributed by atoms with van der Waals surface area (Å²) in [5, 5.41) is 6.81. The van der Waals surface area contributed by atoms with Crippen LogP contribution in [0.3, 0.4) is 0 Å². The number of methoxy groups -OCH3 is 1. The van der Waals surface area contributed by atoms with Crippen LogP contribution < -0.4 is 10.6 Å². The van der Waals surface area contributed by atoms with E-state index in [-0.39, 0.29) is 35.4 Å². The van der Waals surface area contributed by atoms with Gasteiger partial charge in [0.15, 0.2) is 0 Å². The summed E-state index contributed by atoms with van der Waals surface area (Å²) in [4.78, 5) is 59.9. The van der Waals surface area contributed by atoms with E-state index in [9.17, 15) is 19.2 Å². The van der Waals surface area contributed by atoms with Crippen molar-refractivity contribution in [3.63, 3.8) is 0 Å². The Bertz CT molecular complexity index is 1520. The standard InChI is InChI=1S/C31H35N5O6/c1-20-16-23-18-24(11-12-26(23)42-20)32-31(34-28(38)21-8-7-9-22(17-21)30(40)41-2)33-25-10-3-4-15-36(29(25)39)19-27(37)35-13-5-6-14-35/h7-9,11-12,16-18,25H,3-6,10,13-15,19H2,1-2H3,(H2,32,33,34,38)/t25-/m0/s1. The third-order valence-electron chi connectivity index (χ3n) is 7.50. The van der Waals surface area contributed by atoms with Crippen molar-refractivity contribution in [3.05, 3.63) is 65.4 Å².